The first-order valence-corrected chi connectivity index (χ1v) is 8.99. The number of aryl methyl sites for hydroxylation is 1. The molecule has 2 aromatic rings. The fraction of sp³-hybridized carbons (Fsp3) is 0.381. The van der Waals surface area contributed by atoms with E-state index in [1.54, 1.807) is 18.2 Å². The molecule has 0 bridgehead atoms. The summed E-state index contributed by atoms with van der Waals surface area (Å²) in [6.07, 6.45) is 5.38. The van der Waals surface area contributed by atoms with Gasteiger partial charge in [0.2, 0.25) is 0 Å². The number of amides is 1. The third-order valence-corrected chi connectivity index (χ3v) is 4.13. The summed E-state index contributed by atoms with van der Waals surface area (Å²) in [4.78, 5) is 27.3. The number of hydrogen-bond acceptors (Lipinski definition) is 4. The molecule has 26 heavy (non-hydrogen) atoms. The summed E-state index contributed by atoms with van der Waals surface area (Å²) < 4.78 is 0. The highest BCUT2D eigenvalue weighted by atomic mass is 16.1. The molecule has 1 amide bonds. The van der Waals surface area contributed by atoms with Crippen LogP contribution < -0.4 is 10.6 Å². The van der Waals surface area contributed by atoms with Crippen LogP contribution >= 0.6 is 0 Å². The van der Waals surface area contributed by atoms with Crippen LogP contribution in [0.3, 0.4) is 0 Å². The van der Waals surface area contributed by atoms with Gasteiger partial charge in [-0.3, -0.25) is 14.6 Å². The second kappa shape index (κ2) is 9.82. The predicted molar refractivity (Wildman–Crippen MR) is 104 cm³/mol. The first kappa shape index (κ1) is 19.8. The molecule has 0 saturated heterocycles. The Balaban J connectivity index is 1.70. The number of nitrogens with one attached hydrogen (secondary N) is 2. The van der Waals surface area contributed by atoms with Crippen molar-refractivity contribution in [3.05, 3.63) is 64.5 Å². The van der Waals surface area contributed by atoms with Gasteiger partial charge in [-0.05, 0) is 60.7 Å². The predicted octanol–water partition coefficient (Wildman–Crippen LogP) is 3.24. The van der Waals surface area contributed by atoms with E-state index < -0.39 is 0 Å². The summed E-state index contributed by atoms with van der Waals surface area (Å²) in [5.41, 5.74) is 4.36. The van der Waals surface area contributed by atoms with Gasteiger partial charge in [-0.2, -0.15) is 0 Å². The Morgan fingerprint density at radius 2 is 1.96 bits per heavy atom. The van der Waals surface area contributed by atoms with Crippen molar-refractivity contribution < 1.29 is 9.59 Å². The number of pyridine rings is 1. The summed E-state index contributed by atoms with van der Waals surface area (Å²) in [6, 6.07) is 7.34. The van der Waals surface area contributed by atoms with Crippen molar-refractivity contribution in [2.75, 3.05) is 13.1 Å². The van der Waals surface area contributed by atoms with Gasteiger partial charge in [-0.1, -0.05) is 19.9 Å². The fourth-order valence-electron chi connectivity index (χ4n) is 2.68. The molecule has 0 fully saturated rings. The smallest absolute Gasteiger partial charge is 0.251 e. The first-order chi connectivity index (χ1) is 12.5. The zero-order valence-corrected chi connectivity index (χ0v) is 15.7. The molecule has 5 heteroatoms. The molecule has 0 radical (unpaired) electrons. The largest absolute Gasteiger partial charge is 0.352 e. The number of carbonyl (C=O) groups is 2. The lowest BCUT2D eigenvalue weighted by molar-refractivity contribution is 0.0953. The van der Waals surface area contributed by atoms with Gasteiger partial charge in [0.25, 0.3) is 5.91 Å². The Kier molecular flexibility index (Phi) is 7.48. The summed E-state index contributed by atoms with van der Waals surface area (Å²) in [5, 5.41) is 6.26. The van der Waals surface area contributed by atoms with E-state index in [1.165, 1.54) is 11.1 Å². The highest BCUT2D eigenvalue weighted by molar-refractivity contribution is 5.96. The summed E-state index contributed by atoms with van der Waals surface area (Å²) >= 11 is 0. The van der Waals surface area contributed by atoms with E-state index in [9.17, 15) is 9.59 Å². The molecule has 0 spiro atoms. The Morgan fingerprint density at radius 3 is 2.69 bits per heavy atom. The van der Waals surface area contributed by atoms with Gasteiger partial charge >= 0.3 is 0 Å². The molecular formula is C21H27N3O2. The van der Waals surface area contributed by atoms with Crippen LogP contribution in [0.25, 0.3) is 0 Å². The molecule has 1 aromatic carbocycles. The molecule has 5 nitrogen and oxygen atoms in total. The van der Waals surface area contributed by atoms with Crippen LogP contribution in [0.1, 0.15) is 63.6 Å². The number of aromatic nitrogens is 1. The second-order valence-electron chi connectivity index (χ2n) is 6.82. The topological polar surface area (TPSA) is 71.1 Å². The molecule has 1 heterocycles. The van der Waals surface area contributed by atoms with Gasteiger partial charge < -0.3 is 10.6 Å². The van der Waals surface area contributed by atoms with Crippen LogP contribution in [0.15, 0.2) is 36.7 Å². The first-order valence-electron chi connectivity index (χ1n) is 8.99. The maximum atomic E-state index is 12.2. The van der Waals surface area contributed by atoms with Crippen LogP contribution in [-0.4, -0.2) is 30.3 Å². The third kappa shape index (κ3) is 6.08. The van der Waals surface area contributed by atoms with Crippen LogP contribution in [0.2, 0.25) is 0 Å². The van der Waals surface area contributed by atoms with Crippen molar-refractivity contribution in [3.63, 3.8) is 0 Å². The normalized spacial score (nSPS) is 10.8. The lowest BCUT2D eigenvalue weighted by atomic mass is 10.0. The zero-order valence-electron chi connectivity index (χ0n) is 15.7. The van der Waals surface area contributed by atoms with Crippen molar-refractivity contribution in [1.29, 1.82) is 0 Å². The Bertz CT molecular complexity index is 757. The van der Waals surface area contributed by atoms with Gasteiger partial charge in [0.05, 0.1) is 0 Å². The third-order valence-electron chi connectivity index (χ3n) is 4.13. The quantitative estimate of drug-likeness (QED) is 0.536. The molecule has 0 saturated carbocycles. The highest BCUT2D eigenvalue weighted by Gasteiger charge is 2.07. The van der Waals surface area contributed by atoms with E-state index in [-0.39, 0.29) is 5.91 Å². The SMILES string of the molecule is Cc1cc(C=O)cc(C(=O)NCCCNCc2cncc(C(C)C)c2)c1. The molecule has 138 valence electrons. The molecule has 1 aromatic heterocycles. The number of carbonyl (C=O) groups excluding carboxylic acids is 2. The molecular weight excluding hydrogens is 326 g/mol. The van der Waals surface area contributed by atoms with Crippen LogP contribution in [-0.2, 0) is 6.54 Å². The Hall–Kier alpha value is -2.53. The molecule has 0 aliphatic heterocycles. The summed E-state index contributed by atoms with van der Waals surface area (Å²) in [6.45, 7) is 8.34. The molecule has 0 unspecified atom stereocenters. The minimum atomic E-state index is -0.148. The van der Waals surface area contributed by atoms with Crippen molar-refractivity contribution in [3.8, 4) is 0 Å². The number of nitrogens with zero attached hydrogens (tertiary/aromatic N) is 1. The number of rotatable bonds is 9. The van der Waals surface area contributed by atoms with Crippen molar-refractivity contribution in [2.45, 2.75) is 39.7 Å². The monoisotopic (exact) mass is 353 g/mol. The molecule has 0 atom stereocenters. The molecule has 0 aliphatic carbocycles. The maximum absolute atomic E-state index is 12.2. The van der Waals surface area contributed by atoms with E-state index in [2.05, 4.69) is 35.5 Å². The van der Waals surface area contributed by atoms with Gasteiger partial charge in [0.1, 0.15) is 6.29 Å². The number of hydrogen-bond donors (Lipinski definition) is 2. The molecule has 0 aliphatic rings. The average molecular weight is 353 g/mol. The van der Waals surface area contributed by atoms with Crippen LogP contribution in [0.5, 0.6) is 0 Å². The van der Waals surface area contributed by atoms with Crippen molar-refractivity contribution in [1.82, 2.24) is 15.6 Å². The molecule has 2 rings (SSSR count). The zero-order chi connectivity index (χ0) is 18.9. The van der Waals surface area contributed by atoms with E-state index in [0.717, 1.165) is 31.4 Å². The van der Waals surface area contributed by atoms with Gasteiger partial charge in [0, 0.05) is 36.6 Å². The fourth-order valence-corrected chi connectivity index (χ4v) is 2.68. The van der Waals surface area contributed by atoms with Crippen LogP contribution in [0.4, 0.5) is 0 Å². The van der Waals surface area contributed by atoms with E-state index in [0.29, 0.717) is 23.6 Å². The van der Waals surface area contributed by atoms with E-state index >= 15 is 0 Å². The van der Waals surface area contributed by atoms with Gasteiger partial charge in [-0.15, -0.1) is 0 Å². The standard InChI is InChI=1S/C21H27N3O2/c1-15(2)20-10-18(12-23-13-20)11-22-5-4-6-24-21(26)19-8-16(3)7-17(9-19)14-25/h7-10,12-15,22H,4-6,11H2,1-3H3,(H,24,26). The maximum Gasteiger partial charge on any atom is 0.251 e. The lowest BCUT2D eigenvalue weighted by Gasteiger charge is -2.09. The highest BCUT2D eigenvalue weighted by Crippen LogP contribution is 2.13. The van der Waals surface area contributed by atoms with Gasteiger partial charge in [0.15, 0.2) is 0 Å². The average Bonchev–Trinajstić information content (AvgIpc) is 2.64. The second-order valence-corrected chi connectivity index (χ2v) is 6.82. The Labute approximate surface area is 155 Å². The number of aldehydes is 1. The van der Waals surface area contributed by atoms with Crippen molar-refractivity contribution >= 4 is 12.2 Å². The minimum absolute atomic E-state index is 0.148. The van der Waals surface area contributed by atoms with Gasteiger partial charge in [-0.25, -0.2) is 0 Å². The Morgan fingerprint density at radius 1 is 1.15 bits per heavy atom. The summed E-state index contributed by atoms with van der Waals surface area (Å²) in [7, 11) is 0. The van der Waals surface area contributed by atoms with E-state index in [1.807, 2.05) is 19.3 Å². The van der Waals surface area contributed by atoms with E-state index in [4.69, 9.17) is 0 Å². The molecule has 2 N–H and O–H groups in total. The van der Waals surface area contributed by atoms with Crippen molar-refractivity contribution in [2.24, 2.45) is 0 Å². The lowest BCUT2D eigenvalue weighted by Crippen LogP contribution is -2.27. The summed E-state index contributed by atoms with van der Waals surface area (Å²) in [5.74, 6) is 0.324. The minimum Gasteiger partial charge on any atom is -0.352 e. The van der Waals surface area contributed by atoms with Crippen LogP contribution in [0, 0.1) is 6.92 Å². The number of benzene rings is 1.